The third-order valence-electron chi connectivity index (χ3n) is 3.29. The smallest absolute Gasteiger partial charge is 0.277 e. The summed E-state index contributed by atoms with van der Waals surface area (Å²) in [6.07, 6.45) is 0.289. The lowest BCUT2D eigenvalue weighted by atomic mass is 10.1. The molecular formula is C17H17F3N2O3. The summed E-state index contributed by atoms with van der Waals surface area (Å²) in [5, 5.41) is 11.1. The highest BCUT2D eigenvalue weighted by molar-refractivity contribution is 5.99. The number of anilines is 2. The van der Waals surface area contributed by atoms with Crippen LogP contribution in [0.2, 0.25) is 0 Å². The molecule has 134 valence electrons. The first-order chi connectivity index (χ1) is 11.9. The normalized spacial score (nSPS) is 10.6. The second-order valence-corrected chi connectivity index (χ2v) is 5.25. The highest BCUT2D eigenvalue weighted by Crippen LogP contribution is 2.28. The van der Waals surface area contributed by atoms with E-state index in [0.29, 0.717) is 5.56 Å². The van der Waals surface area contributed by atoms with Crippen molar-refractivity contribution in [3.8, 4) is 0 Å². The Morgan fingerprint density at radius 1 is 1.16 bits per heavy atom. The first-order valence-electron chi connectivity index (χ1n) is 7.48. The van der Waals surface area contributed by atoms with Gasteiger partial charge in [0.05, 0.1) is 23.5 Å². The molecule has 0 atom stereocenters. The summed E-state index contributed by atoms with van der Waals surface area (Å²) in [5.74, 6) is -4.02. The number of hydrogen-bond donors (Lipinski definition) is 3. The van der Waals surface area contributed by atoms with E-state index in [4.69, 9.17) is 9.94 Å². The summed E-state index contributed by atoms with van der Waals surface area (Å²) < 4.78 is 41.7. The SMILES string of the molecule is Cc1ccc(Nc2c(C(=O)NOCCCO)ccc(F)c2F)c(F)c1. The Balaban J connectivity index is 2.29. The van der Waals surface area contributed by atoms with Gasteiger partial charge in [-0.15, -0.1) is 0 Å². The molecule has 0 spiro atoms. The zero-order valence-electron chi connectivity index (χ0n) is 13.4. The number of aryl methyl sites for hydroxylation is 1. The molecule has 0 unspecified atom stereocenters. The highest BCUT2D eigenvalue weighted by Gasteiger charge is 2.20. The van der Waals surface area contributed by atoms with E-state index >= 15 is 0 Å². The maximum absolute atomic E-state index is 14.1. The molecule has 0 aliphatic carbocycles. The Kier molecular flexibility index (Phi) is 6.37. The topological polar surface area (TPSA) is 70.6 Å². The minimum atomic E-state index is -1.32. The second kappa shape index (κ2) is 8.50. The number of carbonyl (C=O) groups excluding carboxylic acids is 1. The van der Waals surface area contributed by atoms with Crippen LogP contribution in [0.25, 0.3) is 0 Å². The third kappa shape index (κ3) is 4.71. The van der Waals surface area contributed by atoms with Gasteiger partial charge in [0, 0.05) is 6.61 Å². The molecule has 1 amide bonds. The summed E-state index contributed by atoms with van der Waals surface area (Å²) in [5.41, 5.74) is 1.83. The Hall–Kier alpha value is -2.58. The summed E-state index contributed by atoms with van der Waals surface area (Å²) in [6.45, 7) is 1.60. The van der Waals surface area contributed by atoms with Crippen molar-refractivity contribution < 1.29 is 27.9 Å². The molecule has 0 radical (unpaired) electrons. The van der Waals surface area contributed by atoms with Crippen molar-refractivity contribution >= 4 is 17.3 Å². The number of carbonyl (C=O) groups is 1. The Bertz CT molecular complexity index is 769. The molecule has 0 aliphatic heterocycles. The fourth-order valence-corrected chi connectivity index (χ4v) is 2.03. The average molecular weight is 354 g/mol. The minimum absolute atomic E-state index is 0.0429. The van der Waals surface area contributed by atoms with Gasteiger partial charge < -0.3 is 10.4 Å². The van der Waals surface area contributed by atoms with Gasteiger partial charge in [0.15, 0.2) is 11.6 Å². The molecule has 8 heteroatoms. The Labute approximate surface area is 142 Å². The minimum Gasteiger partial charge on any atom is -0.396 e. The van der Waals surface area contributed by atoms with Crippen LogP contribution in [0.4, 0.5) is 24.5 Å². The van der Waals surface area contributed by atoms with Crippen LogP contribution >= 0.6 is 0 Å². The second-order valence-electron chi connectivity index (χ2n) is 5.25. The summed E-state index contributed by atoms with van der Waals surface area (Å²) in [7, 11) is 0. The average Bonchev–Trinajstić information content (AvgIpc) is 2.58. The molecule has 0 saturated heterocycles. The van der Waals surface area contributed by atoms with E-state index in [9.17, 15) is 18.0 Å². The van der Waals surface area contributed by atoms with Crippen LogP contribution in [0.1, 0.15) is 22.3 Å². The number of amides is 1. The molecule has 2 aromatic carbocycles. The largest absolute Gasteiger partial charge is 0.396 e. The predicted octanol–water partition coefficient (Wildman–Crippen LogP) is 3.20. The van der Waals surface area contributed by atoms with E-state index in [1.165, 1.54) is 12.1 Å². The molecule has 5 nitrogen and oxygen atoms in total. The lowest BCUT2D eigenvalue weighted by Crippen LogP contribution is -2.25. The standard InChI is InChI=1S/C17H17F3N2O3/c1-10-3-6-14(13(19)9-10)21-16-11(4-5-12(18)15(16)20)17(24)22-25-8-2-7-23/h3-6,9,21,23H,2,7-8H2,1H3,(H,22,24). The van der Waals surface area contributed by atoms with E-state index in [1.807, 2.05) is 0 Å². The maximum Gasteiger partial charge on any atom is 0.277 e. The zero-order valence-corrected chi connectivity index (χ0v) is 13.4. The van der Waals surface area contributed by atoms with Crippen molar-refractivity contribution in [2.45, 2.75) is 13.3 Å². The van der Waals surface area contributed by atoms with Gasteiger partial charge in [-0.1, -0.05) is 6.07 Å². The number of hydroxylamine groups is 1. The number of hydrogen-bond acceptors (Lipinski definition) is 4. The molecule has 0 aliphatic rings. The fourth-order valence-electron chi connectivity index (χ4n) is 2.03. The van der Waals surface area contributed by atoms with E-state index in [1.54, 1.807) is 13.0 Å². The zero-order chi connectivity index (χ0) is 18.4. The molecule has 0 bridgehead atoms. The monoisotopic (exact) mass is 354 g/mol. The van der Waals surface area contributed by atoms with Gasteiger partial charge in [-0.25, -0.2) is 18.7 Å². The van der Waals surface area contributed by atoms with Gasteiger partial charge in [-0.2, -0.15) is 0 Å². The molecule has 2 rings (SSSR count). The molecule has 0 heterocycles. The fraction of sp³-hybridized carbons (Fsp3) is 0.235. The first kappa shape index (κ1) is 18.8. The van der Waals surface area contributed by atoms with Crippen molar-refractivity contribution in [2.75, 3.05) is 18.5 Å². The molecule has 3 N–H and O–H groups in total. The van der Waals surface area contributed by atoms with Gasteiger partial charge in [0.2, 0.25) is 0 Å². The van der Waals surface area contributed by atoms with Gasteiger partial charge in [0.25, 0.3) is 5.91 Å². The number of nitrogens with one attached hydrogen (secondary N) is 2. The summed E-state index contributed by atoms with van der Waals surface area (Å²) in [4.78, 5) is 16.9. The Morgan fingerprint density at radius 2 is 1.92 bits per heavy atom. The lowest BCUT2D eigenvalue weighted by molar-refractivity contribution is 0.0262. The highest BCUT2D eigenvalue weighted by atomic mass is 19.2. The van der Waals surface area contributed by atoms with Crippen LogP contribution in [-0.4, -0.2) is 24.2 Å². The van der Waals surface area contributed by atoms with Crippen molar-refractivity contribution in [1.29, 1.82) is 0 Å². The van der Waals surface area contributed by atoms with Crippen LogP contribution in [0.15, 0.2) is 30.3 Å². The van der Waals surface area contributed by atoms with Crippen LogP contribution in [0, 0.1) is 24.4 Å². The lowest BCUT2D eigenvalue weighted by Gasteiger charge is -2.14. The Morgan fingerprint density at radius 3 is 2.60 bits per heavy atom. The number of halogens is 3. The van der Waals surface area contributed by atoms with Crippen LogP contribution < -0.4 is 10.8 Å². The molecular weight excluding hydrogens is 337 g/mol. The van der Waals surface area contributed by atoms with Crippen LogP contribution in [0.3, 0.4) is 0 Å². The van der Waals surface area contributed by atoms with Crippen molar-refractivity contribution in [2.24, 2.45) is 0 Å². The van der Waals surface area contributed by atoms with Crippen LogP contribution in [0.5, 0.6) is 0 Å². The van der Waals surface area contributed by atoms with Gasteiger partial charge >= 0.3 is 0 Å². The van der Waals surface area contributed by atoms with Crippen molar-refractivity contribution in [3.63, 3.8) is 0 Å². The van der Waals surface area contributed by atoms with Crippen LogP contribution in [-0.2, 0) is 4.84 Å². The van der Waals surface area contributed by atoms with Crippen molar-refractivity contribution in [3.05, 3.63) is 58.9 Å². The number of benzene rings is 2. The number of aliphatic hydroxyl groups excluding tert-OH is 1. The summed E-state index contributed by atoms with van der Waals surface area (Å²) in [6, 6.07) is 6.00. The predicted molar refractivity (Wildman–Crippen MR) is 85.9 cm³/mol. The van der Waals surface area contributed by atoms with Gasteiger partial charge in [0.1, 0.15) is 5.82 Å². The summed E-state index contributed by atoms with van der Waals surface area (Å²) >= 11 is 0. The molecule has 0 aromatic heterocycles. The van der Waals surface area contributed by atoms with Crippen molar-refractivity contribution in [1.82, 2.24) is 5.48 Å². The van der Waals surface area contributed by atoms with Gasteiger partial charge in [-0.3, -0.25) is 9.63 Å². The number of rotatable bonds is 7. The number of aliphatic hydroxyl groups is 1. The maximum atomic E-state index is 14.1. The quantitative estimate of drug-likeness (QED) is 0.528. The molecule has 2 aromatic rings. The molecule has 0 fully saturated rings. The van der Waals surface area contributed by atoms with E-state index in [2.05, 4.69) is 10.8 Å². The van der Waals surface area contributed by atoms with E-state index in [-0.39, 0.29) is 30.9 Å². The first-order valence-corrected chi connectivity index (χ1v) is 7.48. The third-order valence-corrected chi connectivity index (χ3v) is 3.29. The van der Waals surface area contributed by atoms with E-state index in [0.717, 1.165) is 12.1 Å². The molecule has 0 saturated carbocycles. The van der Waals surface area contributed by atoms with Gasteiger partial charge in [-0.05, 0) is 43.2 Å². The molecule has 25 heavy (non-hydrogen) atoms. The van der Waals surface area contributed by atoms with E-state index < -0.39 is 29.0 Å².